The highest BCUT2D eigenvalue weighted by atomic mass is 31.2. The number of hydrogen-bond donors (Lipinski definition) is 0. The lowest BCUT2D eigenvalue weighted by atomic mass is 10.0. The van der Waals surface area contributed by atoms with Crippen molar-refractivity contribution >= 4 is 19.8 Å². The van der Waals surface area contributed by atoms with Crippen LogP contribution >= 0.6 is 7.82 Å². The van der Waals surface area contributed by atoms with Crippen molar-refractivity contribution in [2.24, 2.45) is 0 Å². The zero-order valence-corrected chi connectivity index (χ0v) is 40.6. The zero-order valence-electron chi connectivity index (χ0n) is 39.7. The first kappa shape index (κ1) is 58.0. The van der Waals surface area contributed by atoms with Gasteiger partial charge in [-0.25, -0.2) is 0 Å². The number of hydrogen-bond acceptors (Lipinski definition) is 8. The molecule has 10 heteroatoms. The minimum atomic E-state index is -4.62. The van der Waals surface area contributed by atoms with E-state index in [1.807, 2.05) is 21.1 Å². The summed E-state index contributed by atoms with van der Waals surface area (Å²) in [7, 11) is 1.18. The Balaban J connectivity index is 4.07. The number of phosphoric acid groups is 1. The van der Waals surface area contributed by atoms with E-state index in [0.29, 0.717) is 17.4 Å². The van der Waals surface area contributed by atoms with E-state index in [0.717, 1.165) is 32.1 Å². The fourth-order valence-corrected chi connectivity index (χ4v) is 8.15. The predicted octanol–water partition coefficient (Wildman–Crippen LogP) is 14.1. The lowest BCUT2D eigenvalue weighted by Gasteiger charge is -2.28. The Hall–Kier alpha value is -0.990. The number of phosphoric ester groups is 1. The maximum absolute atomic E-state index is 12.7. The van der Waals surface area contributed by atoms with Crippen molar-refractivity contribution in [3.05, 3.63) is 0 Å². The predicted molar refractivity (Wildman–Crippen MR) is 245 cm³/mol. The van der Waals surface area contributed by atoms with Gasteiger partial charge in [0.15, 0.2) is 6.10 Å². The third-order valence-electron chi connectivity index (χ3n) is 11.4. The number of quaternary nitrogens is 1. The molecule has 2 atom stereocenters. The molecular formula is C49H98NO8P. The Morgan fingerprint density at radius 2 is 0.763 bits per heavy atom. The summed E-state index contributed by atoms with van der Waals surface area (Å²) in [6, 6.07) is 0. The van der Waals surface area contributed by atoms with E-state index >= 15 is 0 Å². The van der Waals surface area contributed by atoms with Crippen LogP contribution in [0.25, 0.3) is 0 Å². The molecule has 0 aromatic rings. The van der Waals surface area contributed by atoms with Gasteiger partial charge in [0.2, 0.25) is 0 Å². The molecule has 0 rings (SSSR count). The Kier molecular flexibility index (Phi) is 41.6. The summed E-state index contributed by atoms with van der Waals surface area (Å²) in [5.41, 5.74) is 0. The van der Waals surface area contributed by atoms with Crippen LogP contribution in [0.2, 0.25) is 0 Å². The van der Waals surface area contributed by atoms with Gasteiger partial charge >= 0.3 is 11.9 Å². The molecule has 0 saturated carbocycles. The second-order valence-corrected chi connectivity index (χ2v) is 20.0. The summed E-state index contributed by atoms with van der Waals surface area (Å²) >= 11 is 0. The Bertz CT molecular complexity index is 974. The second kappa shape index (κ2) is 42.3. The van der Waals surface area contributed by atoms with E-state index in [2.05, 4.69) is 13.8 Å². The maximum Gasteiger partial charge on any atom is 0.306 e. The van der Waals surface area contributed by atoms with Gasteiger partial charge in [-0.15, -0.1) is 0 Å². The zero-order chi connectivity index (χ0) is 43.6. The highest BCUT2D eigenvalue weighted by Gasteiger charge is 2.21. The first-order chi connectivity index (χ1) is 28.5. The molecule has 0 aromatic heterocycles. The number of carbonyl (C=O) groups is 2. The summed E-state index contributed by atoms with van der Waals surface area (Å²) in [6.07, 6.45) is 44.4. The summed E-state index contributed by atoms with van der Waals surface area (Å²) in [4.78, 5) is 37.5. The van der Waals surface area contributed by atoms with Crippen LogP contribution in [0.4, 0.5) is 0 Å². The summed E-state index contributed by atoms with van der Waals surface area (Å²) in [5, 5.41) is 0. The Morgan fingerprint density at radius 1 is 0.458 bits per heavy atom. The summed E-state index contributed by atoms with van der Waals surface area (Å²) in [6.45, 7) is 4.26. The highest BCUT2D eigenvalue weighted by molar-refractivity contribution is 7.45. The highest BCUT2D eigenvalue weighted by Crippen LogP contribution is 2.38. The molecule has 9 nitrogen and oxygen atoms in total. The first-order valence-corrected chi connectivity index (χ1v) is 26.7. The van der Waals surface area contributed by atoms with Gasteiger partial charge in [0.1, 0.15) is 19.8 Å². The molecule has 0 aliphatic carbocycles. The molecule has 0 aliphatic rings. The van der Waals surface area contributed by atoms with Gasteiger partial charge in [-0.2, -0.15) is 0 Å². The molecular weight excluding hydrogens is 762 g/mol. The third kappa shape index (κ3) is 46.3. The molecule has 352 valence electrons. The number of nitrogens with zero attached hydrogens (tertiary/aromatic N) is 1. The van der Waals surface area contributed by atoms with E-state index in [4.69, 9.17) is 18.5 Å². The van der Waals surface area contributed by atoms with Crippen LogP contribution < -0.4 is 4.89 Å². The van der Waals surface area contributed by atoms with Crippen molar-refractivity contribution in [1.82, 2.24) is 0 Å². The van der Waals surface area contributed by atoms with Gasteiger partial charge in [0.05, 0.1) is 27.7 Å². The lowest BCUT2D eigenvalue weighted by Crippen LogP contribution is -2.37. The van der Waals surface area contributed by atoms with Gasteiger partial charge in [0, 0.05) is 12.8 Å². The van der Waals surface area contributed by atoms with Gasteiger partial charge in [-0.1, -0.05) is 226 Å². The van der Waals surface area contributed by atoms with E-state index < -0.39 is 26.5 Å². The average molecular weight is 860 g/mol. The molecule has 0 heterocycles. The van der Waals surface area contributed by atoms with E-state index in [9.17, 15) is 19.0 Å². The summed E-state index contributed by atoms with van der Waals surface area (Å²) < 4.78 is 34.0. The minimum absolute atomic E-state index is 0.0256. The fourth-order valence-electron chi connectivity index (χ4n) is 7.42. The van der Waals surface area contributed by atoms with Crippen LogP contribution in [0.15, 0.2) is 0 Å². The maximum atomic E-state index is 12.7. The molecule has 0 fully saturated rings. The molecule has 59 heavy (non-hydrogen) atoms. The number of likely N-dealkylation sites (N-methyl/N-ethyl adjacent to an activating group) is 1. The van der Waals surface area contributed by atoms with Crippen molar-refractivity contribution in [3.63, 3.8) is 0 Å². The molecule has 0 spiro atoms. The standard InChI is InChI=1S/C49H98NO8P/c1-6-8-10-12-14-16-18-19-20-21-22-23-24-25-26-27-28-29-30-31-32-34-36-38-40-42-49(52)58-47(46-57-59(53,54)56-44-43-50(3,4)5)45-55-48(51)41-39-37-35-33-17-15-13-11-9-7-2/h47H,6-46H2,1-5H3. The van der Waals surface area contributed by atoms with Crippen molar-refractivity contribution in [2.45, 2.75) is 258 Å². The molecule has 0 N–H and O–H groups in total. The van der Waals surface area contributed by atoms with Crippen molar-refractivity contribution < 1.29 is 42.1 Å². The fraction of sp³-hybridized carbons (Fsp3) is 0.959. The largest absolute Gasteiger partial charge is 0.756 e. The van der Waals surface area contributed by atoms with Crippen molar-refractivity contribution in [3.8, 4) is 0 Å². The number of carbonyl (C=O) groups excluding carboxylic acids is 2. The molecule has 0 saturated heterocycles. The number of unbranched alkanes of at least 4 members (excludes halogenated alkanes) is 33. The molecule has 0 aliphatic heterocycles. The Labute approximate surface area is 365 Å². The van der Waals surface area contributed by atoms with Crippen LogP contribution in [-0.2, 0) is 32.7 Å². The molecule has 0 radical (unpaired) electrons. The second-order valence-electron chi connectivity index (χ2n) is 18.6. The SMILES string of the molecule is CCCCCCCCCCCCCCCCCCCCCCCCCCCC(=O)OC(COC(=O)CCCCCCCCCCCC)COP(=O)([O-])OCC[N+](C)(C)C. The van der Waals surface area contributed by atoms with Gasteiger partial charge in [0.25, 0.3) is 7.82 Å². The molecule has 0 aromatic carbocycles. The van der Waals surface area contributed by atoms with Gasteiger partial charge < -0.3 is 27.9 Å². The number of rotatable bonds is 47. The van der Waals surface area contributed by atoms with E-state index in [1.165, 1.54) is 186 Å². The van der Waals surface area contributed by atoms with Crippen LogP contribution in [0.1, 0.15) is 251 Å². The topological polar surface area (TPSA) is 111 Å². The quantitative estimate of drug-likeness (QED) is 0.0257. The minimum Gasteiger partial charge on any atom is -0.756 e. The van der Waals surface area contributed by atoms with Crippen molar-refractivity contribution in [2.75, 3.05) is 47.5 Å². The smallest absolute Gasteiger partial charge is 0.306 e. The molecule has 0 bridgehead atoms. The number of ether oxygens (including phenoxy) is 2. The molecule has 2 unspecified atom stereocenters. The van der Waals surface area contributed by atoms with E-state index in [1.54, 1.807) is 0 Å². The van der Waals surface area contributed by atoms with Crippen LogP contribution in [-0.4, -0.2) is 70.0 Å². The normalized spacial score (nSPS) is 13.4. The Morgan fingerprint density at radius 3 is 1.08 bits per heavy atom. The van der Waals surface area contributed by atoms with Crippen LogP contribution in [0.5, 0.6) is 0 Å². The van der Waals surface area contributed by atoms with Gasteiger partial charge in [-0.3, -0.25) is 14.2 Å². The monoisotopic (exact) mass is 860 g/mol. The lowest BCUT2D eigenvalue weighted by molar-refractivity contribution is -0.870. The summed E-state index contributed by atoms with van der Waals surface area (Å²) in [5.74, 6) is -0.819. The first-order valence-electron chi connectivity index (χ1n) is 25.2. The average Bonchev–Trinajstić information content (AvgIpc) is 3.19. The van der Waals surface area contributed by atoms with Gasteiger partial charge in [-0.05, 0) is 12.8 Å². The molecule has 0 amide bonds. The van der Waals surface area contributed by atoms with Crippen LogP contribution in [0, 0.1) is 0 Å². The van der Waals surface area contributed by atoms with Crippen molar-refractivity contribution in [1.29, 1.82) is 0 Å². The third-order valence-corrected chi connectivity index (χ3v) is 12.3. The van der Waals surface area contributed by atoms with E-state index in [-0.39, 0.29) is 32.0 Å². The number of esters is 2. The van der Waals surface area contributed by atoms with Crippen LogP contribution in [0.3, 0.4) is 0 Å².